The molecular weight excluding hydrogens is 417 g/mol. The number of nitriles is 1. The Morgan fingerprint density at radius 3 is 2.50 bits per heavy atom. The predicted octanol–water partition coefficient (Wildman–Crippen LogP) is 4.24. The third-order valence-electron chi connectivity index (χ3n) is 4.65. The molecule has 32 heavy (non-hydrogen) atoms. The summed E-state index contributed by atoms with van der Waals surface area (Å²) >= 11 is 0. The van der Waals surface area contributed by atoms with E-state index < -0.39 is 29.1 Å². The van der Waals surface area contributed by atoms with E-state index in [0.717, 1.165) is 12.1 Å². The highest BCUT2D eigenvalue weighted by molar-refractivity contribution is 6.14. The first kappa shape index (κ1) is 22.1. The SMILES string of the molecule is CNc1ccc(C(=O)c2ccccc2C(=O)OCc2cc(C#N)ccc2F)cc1[N+](=O)[O-]. The first-order valence-corrected chi connectivity index (χ1v) is 9.31. The Morgan fingerprint density at radius 1 is 1.12 bits per heavy atom. The van der Waals surface area contributed by atoms with Gasteiger partial charge in [0.2, 0.25) is 0 Å². The summed E-state index contributed by atoms with van der Waals surface area (Å²) in [7, 11) is 1.52. The van der Waals surface area contributed by atoms with Crippen LogP contribution in [0.15, 0.2) is 60.7 Å². The van der Waals surface area contributed by atoms with Crippen molar-refractivity contribution in [2.75, 3.05) is 12.4 Å². The average molecular weight is 433 g/mol. The van der Waals surface area contributed by atoms with E-state index in [1.165, 1.54) is 55.6 Å². The number of nitrogens with one attached hydrogen (secondary N) is 1. The number of benzene rings is 3. The zero-order valence-electron chi connectivity index (χ0n) is 16.8. The standard InChI is InChI=1S/C23H16FN3O5/c1-26-20-9-7-15(11-21(20)27(30)31)22(28)17-4-2-3-5-18(17)23(29)32-13-16-10-14(12-25)6-8-19(16)24/h2-11,26H,13H2,1H3. The molecule has 0 radical (unpaired) electrons. The highest BCUT2D eigenvalue weighted by atomic mass is 19.1. The van der Waals surface area contributed by atoms with Crippen molar-refractivity contribution in [1.82, 2.24) is 0 Å². The number of rotatable bonds is 7. The highest BCUT2D eigenvalue weighted by Gasteiger charge is 2.22. The van der Waals surface area contributed by atoms with Gasteiger partial charge in [0.15, 0.2) is 5.78 Å². The van der Waals surface area contributed by atoms with E-state index >= 15 is 0 Å². The number of esters is 1. The van der Waals surface area contributed by atoms with Crippen LogP contribution in [0, 0.1) is 27.3 Å². The Hall–Kier alpha value is -4.58. The molecular formula is C23H16FN3O5. The second-order valence-electron chi connectivity index (χ2n) is 6.61. The van der Waals surface area contributed by atoms with E-state index in [9.17, 15) is 24.1 Å². The Labute approximate surface area is 182 Å². The number of hydrogen-bond acceptors (Lipinski definition) is 7. The van der Waals surface area contributed by atoms with Gasteiger partial charge in [0, 0.05) is 29.8 Å². The number of nitro groups is 1. The minimum absolute atomic E-state index is 0.0134. The molecule has 0 bridgehead atoms. The van der Waals surface area contributed by atoms with Crippen LogP contribution in [0.5, 0.6) is 0 Å². The summed E-state index contributed by atoms with van der Waals surface area (Å²) in [5, 5.41) is 22.9. The lowest BCUT2D eigenvalue weighted by Gasteiger charge is -2.10. The van der Waals surface area contributed by atoms with Crippen LogP contribution in [0.3, 0.4) is 0 Å². The zero-order chi connectivity index (χ0) is 23.3. The normalized spacial score (nSPS) is 10.2. The molecule has 3 rings (SSSR count). The predicted molar refractivity (Wildman–Crippen MR) is 113 cm³/mol. The van der Waals surface area contributed by atoms with Crippen molar-refractivity contribution < 1.29 is 23.6 Å². The van der Waals surface area contributed by atoms with Gasteiger partial charge in [-0.2, -0.15) is 5.26 Å². The van der Waals surface area contributed by atoms with Crippen molar-refractivity contribution in [3.8, 4) is 6.07 Å². The second kappa shape index (κ2) is 9.49. The first-order chi connectivity index (χ1) is 15.3. The first-order valence-electron chi connectivity index (χ1n) is 9.31. The van der Waals surface area contributed by atoms with Crippen molar-refractivity contribution in [2.45, 2.75) is 6.61 Å². The van der Waals surface area contributed by atoms with Gasteiger partial charge in [0.1, 0.15) is 18.1 Å². The summed E-state index contributed by atoms with van der Waals surface area (Å²) in [4.78, 5) is 36.3. The molecule has 9 heteroatoms. The van der Waals surface area contributed by atoms with Crippen molar-refractivity contribution in [2.24, 2.45) is 0 Å². The van der Waals surface area contributed by atoms with Crippen LogP contribution in [0.2, 0.25) is 0 Å². The number of halogens is 1. The zero-order valence-corrected chi connectivity index (χ0v) is 16.8. The van der Waals surface area contributed by atoms with Crippen molar-refractivity contribution in [3.05, 3.63) is 104 Å². The molecule has 0 aliphatic heterocycles. The fourth-order valence-corrected chi connectivity index (χ4v) is 3.03. The maximum absolute atomic E-state index is 13.9. The molecule has 0 saturated heterocycles. The van der Waals surface area contributed by atoms with Gasteiger partial charge in [-0.25, -0.2) is 9.18 Å². The fourth-order valence-electron chi connectivity index (χ4n) is 3.03. The lowest BCUT2D eigenvalue weighted by atomic mass is 9.97. The molecule has 0 aliphatic rings. The Morgan fingerprint density at radius 2 is 1.84 bits per heavy atom. The van der Waals surface area contributed by atoms with Gasteiger partial charge in [-0.05, 0) is 36.4 Å². The van der Waals surface area contributed by atoms with Gasteiger partial charge in [-0.3, -0.25) is 14.9 Å². The fraction of sp³-hybridized carbons (Fsp3) is 0.0870. The van der Waals surface area contributed by atoms with E-state index in [0.29, 0.717) is 0 Å². The number of ketones is 1. The summed E-state index contributed by atoms with van der Waals surface area (Å²) in [6, 6.07) is 15.3. The van der Waals surface area contributed by atoms with Gasteiger partial charge >= 0.3 is 5.97 Å². The number of carbonyl (C=O) groups excluding carboxylic acids is 2. The van der Waals surface area contributed by atoms with Crippen LogP contribution in [0.1, 0.15) is 37.4 Å². The molecule has 8 nitrogen and oxygen atoms in total. The second-order valence-corrected chi connectivity index (χ2v) is 6.61. The van der Waals surface area contributed by atoms with Crippen LogP contribution >= 0.6 is 0 Å². The van der Waals surface area contributed by atoms with Gasteiger partial charge in [0.05, 0.1) is 22.1 Å². The maximum atomic E-state index is 13.9. The Balaban J connectivity index is 1.88. The summed E-state index contributed by atoms with van der Waals surface area (Å²) in [6.07, 6.45) is 0. The van der Waals surface area contributed by atoms with Crippen molar-refractivity contribution in [3.63, 3.8) is 0 Å². The lowest BCUT2D eigenvalue weighted by Crippen LogP contribution is -2.13. The van der Waals surface area contributed by atoms with Gasteiger partial charge in [0.25, 0.3) is 5.69 Å². The largest absolute Gasteiger partial charge is 0.457 e. The van der Waals surface area contributed by atoms with Crippen LogP contribution in [-0.4, -0.2) is 23.7 Å². The van der Waals surface area contributed by atoms with E-state index in [2.05, 4.69) is 5.32 Å². The molecule has 0 unspecified atom stereocenters. The third kappa shape index (κ3) is 4.60. The molecule has 0 saturated carbocycles. The van der Waals surface area contributed by atoms with Crippen LogP contribution in [0.4, 0.5) is 15.8 Å². The summed E-state index contributed by atoms with van der Waals surface area (Å²) in [5.41, 5.74) is 0.0971. The smallest absolute Gasteiger partial charge is 0.339 e. The molecule has 0 fully saturated rings. The van der Waals surface area contributed by atoms with Gasteiger partial charge < -0.3 is 10.1 Å². The summed E-state index contributed by atoms with van der Waals surface area (Å²) < 4.78 is 19.1. The lowest BCUT2D eigenvalue weighted by molar-refractivity contribution is -0.384. The summed E-state index contributed by atoms with van der Waals surface area (Å²) in [5.74, 6) is -2.13. The van der Waals surface area contributed by atoms with Gasteiger partial charge in [-0.15, -0.1) is 0 Å². The molecule has 0 atom stereocenters. The molecule has 3 aromatic carbocycles. The molecule has 160 valence electrons. The molecule has 0 aromatic heterocycles. The quantitative estimate of drug-likeness (QED) is 0.256. The number of hydrogen-bond donors (Lipinski definition) is 1. The van der Waals surface area contributed by atoms with E-state index in [1.54, 1.807) is 0 Å². The van der Waals surface area contributed by atoms with Crippen molar-refractivity contribution in [1.29, 1.82) is 5.26 Å². The number of anilines is 1. The van der Waals surface area contributed by atoms with Crippen molar-refractivity contribution >= 4 is 23.1 Å². The van der Waals surface area contributed by atoms with Crippen LogP contribution in [-0.2, 0) is 11.3 Å². The van der Waals surface area contributed by atoms with E-state index in [4.69, 9.17) is 10.00 Å². The van der Waals surface area contributed by atoms with Crippen LogP contribution in [0.25, 0.3) is 0 Å². The molecule has 0 amide bonds. The highest BCUT2D eigenvalue weighted by Crippen LogP contribution is 2.27. The molecule has 0 heterocycles. The molecule has 0 spiro atoms. The number of carbonyl (C=O) groups is 2. The third-order valence-corrected chi connectivity index (χ3v) is 4.65. The Kier molecular flexibility index (Phi) is 6.56. The van der Waals surface area contributed by atoms with Crippen LogP contribution < -0.4 is 5.32 Å². The molecule has 3 aromatic rings. The Bertz CT molecular complexity index is 1270. The van der Waals surface area contributed by atoms with E-state index in [1.807, 2.05) is 6.07 Å². The number of nitrogens with zero attached hydrogens (tertiary/aromatic N) is 2. The average Bonchev–Trinajstić information content (AvgIpc) is 2.82. The maximum Gasteiger partial charge on any atom is 0.339 e. The van der Waals surface area contributed by atoms with Gasteiger partial charge in [-0.1, -0.05) is 18.2 Å². The monoisotopic (exact) mass is 433 g/mol. The minimum atomic E-state index is -0.878. The number of nitro benzene ring substituents is 1. The summed E-state index contributed by atoms with van der Waals surface area (Å²) in [6.45, 7) is -0.439. The topological polar surface area (TPSA) is 122 Å². The molecule has 0 aliphatic carbocycles. The number of ether oxygens (including phenoxy) is 1. The molecule has 1 N–H and O–H groups in total. The van der Waals surface area contributed by atoms with E-state index in [-0.39, 0.29) is 39.2 Å². The minimum Gasteiger partial charge on any atom is -0.457 e.